The summed E-state index contributed by atoms with van der Waals surface area (Å²) in [5.74, 6) is -1.10. The molecule has 0 aliphatic carbocycles. The Balaban J connectivity index is 1.32. The van der Waals surface area contributed by atoms with E-state index in [0.29, 0.717) is 18.8 Å². The molecule has 4 rings (SSSR count). The lowest BCUT2D eigenvalue weighted by Gasteiger charge is -2.26. The first-order chi connectivity index (χ1) is 16.5. The van der Waals surface area contributed by atoms with E-state index in [1.807, 2.05) is 0 Å². The van der Waals surface area contributed by atoms with E-state index < -0.39 is 11.7 Å². The van der Waals surface area contributed by atoms with Crippen LogP contribution in [0.2, 0.25) is 5.28 Å². The van der Waals surface area contributed by atoms with Gasteiger partial charge < -0.3 is 25.0 Å². The second-order valence-electron chi connectivity index (χ2n) is 7.06. The maximum Gasteiger partial charge on any atom is 0.322 e. The minimum atomic E-state index is -0.606. The van der Waals surface area contributed by atoms with Crippen molar-refractivity contribution in [2.45, 2.75) is 0 Å². The zero-order valence-electron chi connectivity index (χ0n) is 17.8. The molecule has 2 N–H and O–H groups in total. The molecule has 2 amide bonds. The molecule has 0 bridgehead atoms. The van der Waals surface area contributed by atoms with E-state index in [-0.39, 0.29) is 48.5 Å². The number of nitrogens with zero attached hydrogens (tertiary/aromatic N) is 4. The van der Waals surface area contributed by atoms with Gasteiger partial charge in [0.15, 0.2) is 0 Å². The van der Waals surface area contributed by atoms with E-state index in [1.54, 1.807) is 35.2 Å². The molecule has 1 saturated heterocycles. The maximum absolute atomic E-state index is 13.7. The van der Waals surface area contributed by atoms with Crippen molar-refractivity contribution in [3.05, 3.63) is 65.2 Å². The average molecular weight is 487 g/mol. The lowest BCUT2D eigenvalue weighted by atomic mass is 10.2. The third-order valence-electron chi connectivity index (χ3n) is 4.75. The number of aromatic nitrogens is 3. The van der Waals surface area contributed by atoms with Crippen molar-refractivity contribution in [3.63, 3.8) is 0 Å². The Morgan fingerprint density at radius 2 is 1.94 bits per heavy atom. The average Bonchev–Trinajstić information content (AvgIpc) is 2.83. The number of ether oxygens (including phenoxy) is 2. The van der Waals surface area contributed by atoms with Gasteiger partial charge in [-0.2, -0.15) is 15.0 Å². The Hall–Kier alpha value is -3.83. The normalized spacial score (nSPS) is 13.5. The highest BCUT2D eigenvalue weighted by atomic mass is 35.5. The van der Waals surface area contributed by atoms with Gasteiger partial charge in [-0.1, -0.05) is 12.1 Å². The van der Waals surface area contributed by atoms with Crippen LogP contribution >= 0.6 is 11.6 Å². The quantitative estimate of drug-likeness (QED) is 0.466. The lowest BCUT2D eigenvalue weighted by Crippen LogP contribution is -2.41. The van der Waals surface area contributed by atoms with Crippen molar-refractivity contribution in [1.29, 1.82) is 0 Å². The van der Waals surface area contributed by atoms with E-state index in [4.69, 9.17) is 21.1 Å². The largest absolute Gasteiger partial charge is 0.461 e. The first kappa shape index (κ1) is 23.3. The van der Waals surface area contributed by atoms with Crippen LogP contribution < -0.4 is 20.3 Å². The van der Waals surface area contributed by atoms with Crippen molar-refractivity contribution in [2.24, 2.45) is 0 Å². The topological polar surface area (TPSA) is 119 Å². The van der Waals surface area contributed by atoms with Crippen LogP contribution in [0.15, 0.2) is 48.5 Å². The predicted molar refractivity (Wildman–Crippen MR) is 122 cm³/mol. The number of anilines is 3. The molecule has 1 aromatic heterocycles. The van der Waals surface area contributed by atoms with Gasteiger partial charge in [0.1, 0.15) is 19.0 Å². The molecule has 0 radical (unpaired) electrons. The Bertz CT molecular complexity index is 1180. The molecular formula is C22H20ClFN6O4. The summed E-state index contributed by atoms with van der Waals surface area (Å²) in [7, 11) is 0. The Kier molecular flexibility index (Phi) is 7.45. The number of rotatable bonds is 8. The highest BCUT2D eigenvalue weighted by Crippen LogP contribution is 2.22. The third-order valence-corrected chi connectivity index (χ3v) is 4.91. The molecule has 10 nitrogen and oxygen atoms in total. The molecule has 1 aliphatic heterocycles. The van der Waals surface area contributed by atoms with Gasteiger partial charge in [-0.25, -0.2) is 4.39 Å². The third kappa shape index (κ3) is 5.94. The second kappa shape index (κ2) is 10.9. The highest BCUT2D eigenvalue weighted by Gasteiger charge is 2.20. The minimum Gasteiger partial charge on any atom is -0.461 e. The predicted octanol–water partition coefficient (Wildman–Crippen LogP) is 2.58. The molecule has 0 unspecified atom stereocenters. The van der Waals surface area contributed by atoms with Gasteiger partial charge in [0.25, 0.3) is 11.8 Å². The number of nitrogens with one attached hydrogen (secondary N) is 2. The molecule has 1 fully saturated rings. The van der Waals surface area contributed by atoms with Crippen LogP contribution in [0.5, 0.6) is 6.01 Å². The van der Waals surface area contributed by atoms with Crippen molar-refractivity contribution in [2.75, 3.05) is 43.1 Å². The number of halogens is 2. The Morgan fingerprint density at radius 1 is 1.15 bits per heavy atom. The molecular weight excluding hydrogens is 467 g/mol. The fraction of sp³-hybridized carbons (Fsp3) is 0.227. The number of morpholine rings is 1. The fourth-order valence-electron chi connectivity index (χ4n) is 3.14. The molecule has 1 aliphatic rings. The summed E-state index contributed by atoms with van der Waals surface area (Å²) in [6.45, 7) is 1.18. The number of hydrogen-bond donors (Lipinski definition) is 2. The molecule has 176 valence electrons. The lowest BCUT2D eigenvalue weighted by molar-refractivity contribution is -0.125. The minimum absolute atomic E-state index is 0.0300. The summed E-state index contributed by atoms with van der Waals surface area (Å²) in [4.78, 5) is 37.7. The molecule has 2 aromatic carbocycles. The van der Waals surface area contributed by atoms with Gasteiger partial charge in [-0.3, -0.25) is 9.59 Å². The molecule has 0 atom stereocenters. The zero-order chi connectivity index (χ0) is 23.9. The number of carbonyl (C=O) groups is 2. The van der Waals surface area contributed by atoms with Gasteiger partial charge in [-0.15, -0.1) is 0 Å². The van der Waals surface area contributed by atoms with Crippen molar-refractivity contribution in [1.82, 2.24) is 20.3 Å². The van der Waals surface area contributed by atoms with Crippen molar-refractivity contribution < 1.29 is 23.5 Å². The summed E-state index contributed by atoms with van der Waals surface area (Å²) in [6.07, 6.45) is 0. The maximum atomic E-state index is 13.7. The van der Waals surface area contributed by atoms with Crippen LogP contribution in [-0.4, -0.2) is 59.7 Å². The molecule has 34 heavy (non-hydrogen) atoms. The Morgan fingerprint density at radius 3 is 2.71 bits per heavy atom. The SMILES string of the molecule is O=C(NCCOc1nc(Cl)nc(Nc2ccc(N3CCOCC3=O)cc2)n1)c1ccccc1F. The van der Waals surface area contributed by atoms with Crippen LogP contribution in [0.3, 0.4) is 0 Å². The van der Waals surface area contributed by atoms with Crippen LogP contribution in [0.1, 0.15) is 10.4 Å². The van der Waals surface area contributed by atoms with E-state index in [9.17, 15) is 14.0 Å². The number of hydrogen-bond acceptors (Lipinski definition) is 8. The van der Waals surface area contributed by atoms with Gasteiger partial charge in [0, 0.05) is 17.9 Å². The van der Waals surface area contributed by atoms with E-state index >= 15 is 0 Å². The highest BCUT2D eigenvalue weighted by molar-refractivity contribution is 6.28. The summed E-state index contributed by atoms with van der Waals surface area (Å²) in [5, 5.41) is 5.47. The van der Waals surface area contributed by atoms with Crippen molar-refractivity contribution in [3.8, 4) is 6.01 Å². The first-order valence-corrected chi connectivity index (χ1v) is 10.7. The molecule has 2 heterocycles. The Labute approximate surface area is 199 Å². The number of amides is 2. The summed E-state index contributed by atoms with van der Waals surface area (Å²) >= 11 is 5.97. The number of carbonyl (C=O) groups excluding carboxylic acids is 2. The van der Waals surface area contributed by atoms with Gasteiger partial charge in [0.05, 0.1) is 18.7 Å². The standard InChI is InChI=1S/C22H20ClFN6O4/c23-20-27-21(26-14-5-7-15(8-6-14)30-10-12-33-13-18(30)31)29-22(28-20)34-11-9-25-19(32)16-3-1-2-4-17(16)24/h1-8H,9-13H2,(H,25,32)(H,26,27,28,29). The van der Waals surface area contributed by atoms with Crippen LogP contribution in [-0.2, 0) is 9.53 Å². The molecule has 0 spiro atoms. The van der Waals surface area contributed by atoms with E-state index in [2.05, 4.69) is 25.6 Å². The number of benzene rings is 2. The molecule has 12 heteroatoms. The molecule has 0 saturated carbocycles. The smallest absolute Gasteiger partial charge is 0.322 e. The van der Waals surface area contributed by atoms with Gasteiger partial charge >= 0.3 is 6.01 Å². The van der Waals surface area contributed by atoms with Crippen molar-refractivity contribution >= 4 is 40.7 Å². The molecule has 3 aromatic rings. The summed E-state index contributed by atoms with van der Waals surface area (Å²) in [5.41, 5.74) is 1.37. The summed E-state index contributed by atoms with van der Waals surface area (Å²) < 4.78 is 24.2. The van der Waals surface area contributed by atoms with Gasteiger partial charge in [0.2, 0.25) is 11.2 Å². The van der Waals surface area contributed by atoms with E-state index in [0.717, 1.165) is 5.69 Å². The fourth-order valence-corrected chi connectivity index (χ4v) is 3.30. The van der Waals surface area contributed by atoms with E-state index in [1.165, 1.54) is 18.2 Å². The monoisotopic (exact) mass is 486 g/mol. The second-order valence-corrected chi connectivity index (χ2v) is 7.40. The van der Waals surface area contributed by atoms with Crippen LogP contribution in [0.4, 0.5) is 21.7 Å². The summed E-state index contributed by atoms with van der Waals surface area (Å²) in [6, 6.07) is 12.8. The van der Waals surface area contributed by atoms with Crippen LogP contribution in [0, 0.1) is 5.82 Å². The van der Waals surface area contributed by atoms with Gasteiger partial charge in [-0.05, 0) is 48.0 Å². The van der Waals surface area contributed by atoms with Crippen LogP contribution in [0.25, 0.3) is 0 Å². The first-order valence-electron chi connectivity index (χ1n) is 10.3. The zero-order valence-corrected chi connectivity index (χ0v) is 18.6.